The van der Waals surface area contributed by atoms with Crippen LogP contribution in [0.1, 0.15) is 39.2 Å². The number of benzene rings is 1. The summed E-state index contributed by atoms with van der Waals surface area (Å²) in [4.78, 5) is 36.8. The minimum atomic E-state index is -1.16. The van der Waals surface area contributed by atoms with Crippen molar-refractivity contribution in [2.75, 3.05) is 13.1 Å². The molecule has 1 aromatic carbocycles. The van der Waals surface area contributed by atoms with Crippen molar-refractivity contribution >= 4 is 18.2 Å². The lowest BCUT2D eigenvalue weighted by Gasteiger charge is -2.22. The minimum absolute atomic E-state index is 0.0783. The molecule has 0 saturated carbocycles. The zero-order chi connectivity index (χ0) is 20.0. The van der Waals surface area contributed by atoms with Gasteiger partial charge in [-0.1, -0.05) is 12.1 Å². The number of rotatable bonds is 5. The fourth-order valence-corrected chi connectivity index (χ4v) is 2.64. The topological polar surface area (TPSA) is 105 Å². The van der Waals surface area contributed by atoms with Crippen molar-refractivity contribution in [3.05, 3.63) is 29.8 Å². The molecule has 1 heterocycles. The van der Waals surface area contributed by atoms with Crippen molar-refractivity contribution in [3.8, 4) is 5.75 Å². The van der Waals surface area contributed by atoms with E-state index in [1.807, 2.05) is 0 Å². The smallest absolute Gasteiger partial charge is 0.415 e. The summed E-state index contributed by atoms with van der Waals surface area (Å²) >= 11 is 0. The molecule has 8 nitrogen and oxygen atoms in total. The molecule has 1 atom stereocenters. The number of hydrogen-bond donors (Lipinski definition) is 2. The van der Waals surface area contributed by atoms with Gasteiger partial charge in [0.2, 0.25) is 0 Å². The summed E-state index contributed by atoms with van der Waals surface area (Å²) < 4.78 is 10.4. The summed E-state index contributed by atoms with van der Waals surface area (Å²) in [6.45, 7) is 6.50. The molecule has 1 saturated heterocycles. The molecule has 2 amide bonds. The summed E-state index contributed by atoms with van der Waals surface area (Å²) in [5.41, 5.74) is -0.0343. The predicted octanol–water partition coefficient (Wildman–Crippen LogP) is 2.80. The van der Waals surface area contributed by atoms with Gasteiger partial charge in [0.05, 0.1) is 0 Å². The lowest BCUT2D eigenvalue weighted by Crippen LogP contribution is -2.44. The lowest BCUT2D eigenvalue weighted by molar-refractivity contribution is -0.139. The summed E-state index contributed by atoms with van der Waals surface area (Å²) in [5.74, 6) is -0.770. The van der Waals surface area contributed by atoms with Crippen molar-refractivity contribution in [1.82, 2.24) is 10.2 Å². The Labute approximate surface area is 158 Å². The van der Waals surface area contributed by atoms with E-state index in [1.54, 1.807) is 49.9 Å². The van der Waals surface area contributed by atoms with Crippen molar-refractivity contribution < 1.29 is 29.0 Å². The van der Waals surface area contributed by atoms with Crippen LogP contribution in [0, 0.1) is 0 Å². The van der Waals surface area contributed by atoms with Crippen molar-refractivity contribution in [3.63, 3.8) is 0 Å². The Bertz CT molecular complexity index is 674. The van der Waals surface area contributed by atoms with Crippen LogP contribution in [-0.2, 0) is 16.0 Å². The molecule has 0 spiro atoms. The molecular weight excluding hydrogens is 352 g/mol. The van der Waals surface area contributed by atoms with Gasteiger partial charge in [0.1, 0.15) is 17.4 Å². The number of nitrogens with zero attached hydrogens (tertiary/aromatic N) is 1. The number of hydrogen-bond acceptors (Lipinski definition) is 5. The van der Waals surface area contributed by atoms with E-state index in [9.17, 15) is 19.5 Å². The van der Waals surface area contributed by atoms with Gasteiger partial charge in [-0.3, -0.25) is 0 Å². The molecule has 0 bridgehead atoms. The van der Waals surface area contributed by atoms with Gasteiger partial charge in [-0.2, -0.15) is 0 Å². The molecule has 8 heteroatoms. The van der Waals surface area contributed by atoms with Crippen LogP contribution in [-0.4, -0.2) is 52.9 Å². The van der Waals surface area contributed by atoms with Crippen LogP contribution >= 0.6 is 0 Å². The van der Waals surface area contributed by atoms with Crippen LogP contribution in [0.15, 0.2) is 24.3 Å². The van der Waals surface area contributed by atoms with E-state index in [4.69, 9.17) is 9.47 Å². The zero-order valence-corrected chi connectivity index (χ0v) is 15.9. The lowest BCUT2D eigenvalue weighted by atomic mass is 10.1. The average molecular weight is 378 g/mol. The highest BCUT2D eigenvalue weighted by Gasteiger charge is 2.24. The highest BCUT2D eigenvalue weighted by molar-refractivity contribution is 5.80. The summed E-state index contributed by atoms with van der Waals surface area (Å²) in [7, 11) is 0. The first-order valence-corrected chi connectivity index (χ1v) is 8.92. The quantitative estimate of drug-likeness (QED) is 0.816. The number of carboxylic acids is 1. The van der Waals surface area contributed by atoms with E-state index in [0.717, 1.165) is 12.8 Å². The van der Waals surface area contributed by atoms with Crippen LogP contribution in [0.2, 0.25) is 0 Å². The van der Waals surface area contributed by atoms with Crippen LogP contribution in [0.25, 0.3) is 0 Å². The van der Waals surface area contributed by atoms with E-state index in [1.165, 1.54) is 0 Å². The third kappa shape index (κ3) is 6.80. The number of carbonyl (C=O) groups excluding carboxylic acids is 2. The van der Waals surface area contributed by atoms with Gasteiger partial charge in [-0.15, -0.1) is 0 Å². The van der Waals surface area contributed by atoms with Crippen LogP contribution in [0.4, 0.5) is 9.59 Å². The molecule has 1 fully saturated rings. The molecule has 0 radical (unpaired) electrons. The van der Waals surface area contributed by atoms with Gasteiger partial charge in [0, 0.05) is 19.5 Å². The number of carbonyl (C=O) groups is 3. The van der Waals surface area contributed by atoms with Crippen molar-refractivity contribution in [2.24, 2.45) is 0 Å². The van der Waals surface area contributed by atoms with E-state index < -0.39 is 23.7 Å². The first-order chi connectivity index (χ1) is 12.6. The molecule has 1 aliphatic rings. The fourth-order valence-electron chi connectivity index (χ4n) is 2.64. The van der Waals surface area contributed by atoms with Gasteiger partial charge >= 0.3 is 18.2 Å². The Morgan fingerprint density at radius 2 is 1.74 bits per heavy atom. The van der Waals surface area contributed by atoms with Gasteiger partial charge in [0.15, 0.2) is 0 Å². The number of carboxylic acid groups (broad SMARTS) is 1. The molecule has 1 aromatic rings. The number of amides is 2. The number of aliphatic carboxylic acids is 1. The van der Waals surface area contributed by atoms with E-state index in [0.29, 0.717) is 24.4 Å². The second kappa shape index (κ2) is 8.75. The first-order valence-electron chi connectivity index (χ1n) is 8.92. The Hall–Kier alpha value is -2.77. The second-order valence-corrected chi connectivity index (χ2v) is 7.45. The standard InChI is InChI=1S/C19H26N2O6/c1-19(2,3)27-17(24)20-15(16(22)23)12-13-6-8-14(9-7-13)26-18(25)21-10-4-5-11-21/h6-9,15H,4-5,10-12H2,1-3H3,(H,20,24)(H,22,23)/t15-/m0/s1. The Balaban J connectivity index is 1.93. The van der Waals surface area contributed by atoms with Gasteiger partial charge in [-0.25, -0.2) is 14.4 Å². The summed E-state index contributed by atoms with van der Waals surface area (Å²) in [5, 5.41) is 11.7. The van der Waals surface area contributed by atoms with Gasteiger partial charge in [0.25, 0.3) is 0 Å². The number of alkyl carbamates (subject to hydrolysis) is 1. The Morgan fingerprint density at radius 3 is 2.26 bits per heavy atom. The molecule has 0 aromatic heterocycles. The van der Waals surface area contributed by atoms with E-state index >= 15 is 0 Å². The molecular formula is C19H26N2O6. The number of likely N-dealkylation sites (tertiary alicyclic amines) is 1. The van der Waals surface area contributed by atoms with Crippen molar-refractivity contribution in [2.45, 2.75) is 51.7 Å². The molecule has 2 N–H and O–H groups in total. The predicted molar refractivity (Wildman–Crippen MR) is 97.8 cm³/mol. The van der Waals surface area contributed by atoms with Crippen molar-refractivity contribution in [1.29, 1.82) is 0 Å². The molecule has 0 aliphatic carbocycles. The fraction of sp³-hybridized carbons (Fsp3) is 0.526. The molecule has 2 rings (SSSR count). The number of nitrogens with one attached hydrogen (secondary N) is 1. The highest BCUT2D eigenvalue weighted by atomic mass is 16.6. The maximum absolute atomic E-state index is 12.0. The average Bonchev–Trinajstić information content (AvgIpc) is 3.08. The molecule has 0 unspecified atom stereocenters. The Kier molecular flexibility index (Phi) is 6.65. The Morgan fingerprint density at radius 1 is 1.15 bits per heavy atom. The minimum Gasteiger partial charge on any atom is -0.480 e. The maximum atomic E-state index is 12.0. The van der Waals surface area contributed by atoms with Crippen LogP contribution < -0.4 is 10.1 Å². The normalized spacial score (nSPS) is 15.1. The summed E-state index contributed by atoms with van der Waals surface area (Å²) in [6, 6.07) is 5.42. The van der Waals surface area contributed by atoms with Gasteiger partial charge < -0.3 is 24.8 Å². The molecule has 1 aliphatic heterocycles. The summed E-state index contributed by atoms with van der Waals surface area (Å²) in [6.07, 6.45) is 0.876. The van der Waals surface area contributed by atoms with Gasteiger partial charge in [-0.05, 0) is 51.3 Å². The largest absolute Gasteiger partial charge is 0.480 e. The zero-order valence-electron chi connectivity index (χ0n) is 15.9. The van der Waals surface area contributed by atoms with E-state index in [2.05, 4.69) is 5.32 Å². The maximum Gasteiger partial charge on any atom is 0.415 e. The monoisotopic (exact) mass is 378 g/mol. The third-order valence-electron chi connectivity index (χ3n) is 3.92. The highest BCUT2D eigenvalue weighted by Crippen LogP contribution is 2.17. The van der Waals surface area contributed by atoms with Crippen LogP contribution in [0.3, 0.4) is 0 Å². The SMILES string of the molecule is CC(C)(C)OC(=O)N[C@@H](Cc1ccc(OC(=O)N2CCCC2)cc1)C(=O)O. The van der Waals surface area contributed by atoms with E-state index in [-0.39, 0.29) is 12.5 Å². The first kappa shape index (κ1) is 20.5. The second-order valence-electron chi connectivity index (χ2n) is 7.45. The molecule has 27 heavy (non-hydrogen) atoms. The molecule has 148 valence electrons. The third-order valence-corrected chi connectivity index (χ3v) is 3.92. The van der Waals surface area contributed by atoms with Crippen LogP contribution in [0.5, 0.6) is 5.75 Å². The number of ether oxygens (including phenoxy) is 2.